The first-order valence-corrected chi connectivity index (χ1v) is 6.30. The number of aliphatic hydroxyl groups is 2. The molecule has 0 aromatic heterocycles. The lowest BCUT2D eigenvalue weighted by molar-refractivity contribution is 0.161. The Balaban J connectivity index is 2.82. The Bertz CT molecular complexity index is 356. The van der Waals surface area contributed by atoms with E-state index in [4.69, 9.17) is 33.4 Å². The van der Waals surface area contributed by atoms with Crippen LogP contribution in [0.3, 0.4) is 0 Å². The van der Waals surface area contributed by atoms with Crippen LogP contribution in [0.5, 0.6) is 0 Å². The van der Waals surface area contributed by atoms with E-state index in [0.29, 0.717) is 10.0 Å². The molecule has 3 N–H and O–H groups in total. The molecule has 0 saturated carbocycles. The fourth-order valence-electron chi connectivity index (χ4n) is 1.63. The molecule has 0 saturated heterocycles. The van der Waals surface area contributed by atoms with Crippen molar-refractivity contribution >= 4 is 23.2 Å². The average Bonchev–Trinajstić information content (AvgIpc) is 2.35. The average molecular weight is 278 g/mol. The third kappa shape index (κ3) is 4.12. The van der Waals surface area contributed by atoms with Crippen LogP contribution < -0.4 is 5.32 Å². The van der Waals surface area contributed by atoms with Crippen molar-refractivity contribution in [1.82, 2.24) is 5.32 Å². The number of hydrogen-bond acceptors (Lipinski definition) is 3. The summed E-state index contributed by atoms with van der Waals surface area (Å²) in [4.78, 5) is 0. The lowest BCUT2D eigenvalue weighted by Crippen LogP contribution is -2.38. The first-order chi connectivity index (χ1) is 8.12. The Labute approximate surface area is 111 Å². The maximum atomic E-state index is 9.05. The molecule has 0 amide bonds. The fourth-order valence-corrected chi connectivity index (χ4v) is 1.93. The van der Waals surface area contributed by atoms with Crippen molar-refractivity contribution in [2.24, 2.45) is 0 Å². The molecule has 0 aliphatic carbocycles. The van der Waals surface area contributed by atoms with E-state index in [1.807, 2.05) is 13.0 Å². The van der Waals surface area contributed by atoms with Gasteiger partial charge >= 0.3 is 0 Å². The maximum absolute atomic E-state index is 9.05. The quantitative estimate of drug-likeness (QED) is 0.749. The van der Waals surface area contributed by atoms with E-state index < -0.39 is 0 Å². The molecule has 0 spiro atoms. The summed E-state index contributed by atoms with van der Waals surface area (Å²) in [5.41, 5.74) is 0.994. The van der Waals surface area contributed by atoms with Gasteiger partial charge in [0.2, 0.25) is 0 Å². The zero-order valence-corrected chi connectivity index (χ0v) is 11.2. The molecular formula is C12H17Cl2NO2. The minimum atomic E-state index is -0.325. The van der Waals surface area contributed by atoms with Gasteiger partial charge in [0.15, 0.2) is 0 Å². The molecule has 1 aromatic rings. The third-order valence-corrected chi connectivity index (χ3v) is 3.37. The van der Waals surface area contributed by atoms with E-state index in [2.05, 4.69) is 5.32 Å². The Morgan fingerprint density at radius 3 is 2.29 bits per heavy atom. The molecule has 3 nitrogen and oxygen atoms in total. The molecule has 0 heterocycles. The minimum absolute atomic E-state index is 0.0362. The third-order valence-electron chi connectivity index (χ3n) is 2.63. The Kier molecular flexibility index (Phi) is 6.23. The van der Waals surface area contributed by atoms with Crippen LogP contribution in [0.25, 0.3) is 0 Å². The molecule has 1 unspecified atom stereocenters. The van der Waals surface area contributed by atoms with Crippen molar-refractivity contribution < 1.29 is 10.2 Å². The highest BCUT2D eigenvalue weighted by atomic mass is 35.5. The van der Waals surface area contributed by atoms with E-state index >= 15 is 0 Å². The highest BCUT2D eigenvalue weighted by Crippen LogP contribution is 2.27. The molecule has 0 fully saturated rings. The smallest absolute Gasteiger partial charge is 0.0607 e. The number of benzene rings is 1. The summed E-state index contributed by atoms with van der Waals surface area (Å²) in [6.45, 7) is 1.81. The Hall–Kier alpha value is -0.320. The van der Waals surface area contributed by atoms with Gasteiger partial charge in [0.25, 0.3) is 0 Å². The van der Waals surface area contributed by atoms with Crippen LogP contribution >= 0.6 is 23.2 Å². The molecule has 0 aliphatic heterocycles. The lowest BCUT2D eigenvalue weighted by Gasteiger charge is -2.23. The summed E-state index contributed by atoms with van der Waals surface area (Å²) in [6, 6.07) is 5.15. The van der Waals surface area contributed by atoms with Gasteiger partial charge in [0.05, 0.1) is 29.3 Å². The number of halogens is 2. The van der Waals surface area contributed by atoms with Gasteiger partial charge in [-0.25, -0.2) is 0 Å². The van der Waals surface area contributed by atoms with Crippen LogP contribution in [0.15, 0.2) is 18.2 Å². The molecule has 5 heteroatoms. The number of nitrogens with one attached hydrogen (secondary N) is 1. The molecule has 0 bridgehead atoms. The van der Waals surface area contributed by atoms with Crippen LogP contribution in [0, 0.1) is 0 Å². The molecular weight excluding hydrogens is 261 g/mol. The van der Waals surface area contributed by atoms with E-state index in [0.717, 1.165) is 12.0 Å². The monoisotopic (exact) mass is 277 g/mol. The van der Waals surface area contributed by atoms with E-state index in [1.165, 1.54) is 0 Å². The predicted molar refractivity (Wildman–Crippen MR) is 70.6 cm³/mol. The van der Waals surface area contributed by atoms with Crippen LogP contribution in [-0.2, 0) is 0 Å². The molecule has 96 valence electrons. The summed E-state index contributed by atoms with van der Waals surface area (Å²) in [5.74, 6) is 0. The van der Waals surface area contributed by atoms with Crippen molar-refractivity contribution in [2.75, 3.05) is 13.2 Å². The van der Waals surface area contributed by atoms with Crippen molar-refractivity contribution in [2.45, 2.75) is 25.4 Å². The van der Waals surface area contributed by atoms with E-state index in [-0.39, 0.29) is 25.3 Å². The van der Waals surface area contributed by atoms with Gasteiger partial charge in [0, 0.05) is 6.04 Å². The Morgan fingerprint density at radius 2 is 1.82 bits per heavy atom. The van der Waals surface area contributed by atoms with Gasteiger partial charge < -0.3 is 15.5 Å². The number of aliphatic hydroxyl groups excluding tert-OH is 2. The van der Waals surface area contributed by atoms with E-state index in [1.54, 1.807) is 12.1 Å². The summed E-state index contributed by atoms with van der Waals surface area (Å²) in [6.07, 6.45) is 0.828. The maximum Gasteiger partial charge on any atom is 0.0607 e. The molecule has 0 aliphatic rings. The Morgan fingerprint density at radius 1 is 1.18 bits per heavy atom. The highest BCUT2D eigenvalue weighted by Gasteiger charge is 2.15. The minimum Gasteiger partial charge on any atom is -0.395 e. The first kappa shape index (κ1) is 14.7. The van der Waals surface area contributed by atoms with E-state index in [9.17, 15) is 0 Å². The largest absolute Gasteiger partial charge is 0.395 e. The first-order valence-electron chi connectivity index (χ1n) is 5.55. The van der Waals surface area contributed by atoms with Crippen LogP contribution in [0.4, 0.5) is 0 Å². The van der Waals surface area contributed by atoms with Gasteiger partial charge in [-0.3, -0.25) is 0 Å². The molecule has 1 atom stereocenters. The van der Waals surface area contributed by atoms with Crippen molar-refractivity contribution in [1.29, 1.82) is 0 Å². The predicted octanol–water partition coefficient (Wildman–Crippen LogP) is 2.39. The second-order valence-electron chi connectivity index (χ2n) is 3.86. The highest BCUT2D eigenvalue weighted by molar-refractivity contribution is 6.42. The zero-order valence-electron chi connectivity index (χ0n) is 9.66. The van der Waals surface area contributed by atoms with Gasteiger partial charge in [-0.15, -0.1) is 0 Å². The van der Waals surface area contributed by atoms with Crippen molar-refractivity contribution in [3.8, 4) is 0 Å². The summed E-state index contributed by atoms with van der Waals surface area (Å²) in [5, 5.41) is 22.3. The lowest BCUT2D eigenvalue weighted by atomic mass is 10.0. The molecule has 1 aromatic carbocycles. The summed E-state index contributed by atoms with van der Waals surface area (Å²) >= 11 is 11.8. The molecule has 17 heavy (non-hydrogen) atoms. The summed E-state index contributed by atoms with van der Waals surface area (Å²) in [7, 11) is 0. The normalized spacial score (nSPS) is 13.1. The topological polar surface area (TPSA) is 52.5 Å². The fraction of sp³-hybridized carbons (Fsp3) is 0.500. The van der Waals surface area contributed by atoms with Crippen LogP contribution in [0.2, 0.25) is 10.0 Å². The van der Waals surface area contributed by atoms with Gasteiger partial charge in [-0.05, 0) is 24.1 Å². The SMILES string of the molecule is CCC(NC(CO)CO)c1ccc(Cl)c(Cl)c1. The van der Waals surface area contributed by atoms with Gasteiger partial charge in [-0.1, -0.05) is 36.2 Å². The second-order valence-corrected chi connectivity index (χ2v) is 4.68. The van der Waals surface area contributed by atoms with Gasteiger partial charge in [0.1, 0.15) is 0 Å². The second kappa shape index (κ2) is 7.19. The van der Waals surface area contributed by atoms with Crippen LogP contribution in [0.1, 0.15) is 24.9 Å². The zero-order chi connectivity index (χ0) is 12.8. The van der Waals surface area contributed by atoms with Crippen molar-refractivity contribution in [3.05, 3.63) is 33.8 Å². The number of hydrogen-bond donors (Lipinski definition) is 3. The number of rotatable bonds is 6. The molecule has 1 rings (SSSR count). The summed E-state index contributed by atoms with van der Waals surface area (Å²) < 4.78 is 0. The van der Waals surface area contributed by atoms with Gasteiger partial charge in [-0.2, -0.15) is 0 Å². The van der Waals surface area contributed by atoms with Crippen molar-refractivity contribution in [3.63, 3.8) is 0 Å². The standard InChI is InChI=1S/C12H17Cl2NO2/c1-2-12(15-9(6-16)7-17)8-3-4-10(13)11(14)5-8/h3-5,9,12,15-17H,2,6-7H2,1H3. The molecule has 0 radical (unpaired) electrons. The van der Waals surface area contributed by atoms with Crippen LogP contribution in [-0.4, -0.2) is 29.5 Å².